The lowest BCUT2D eigenvalue weighted by Crippen LogP contribution is -2.58. The fourth-order valence-corrected chi connectivity index (χ4v) is 2.55. The van der Waals surface area contributed by atoms with E-state index >= 15 is 0 Å². The molecule has 2 aromatic rings. The van der Waals surface area contributed by atoms with Crippen molar-refractivity contribution in [2.75, 3.05) is 12.8 Å². The van der Waals surface area contributed by atoms with Gasteiger partial charge in [0.15, 0.2) is 30.1 Å². The van der Waals surface area contributed by atoms with Crippen molar-refractivity contribution >= 4 is 17.0 Å². The van der Waals surface area contributed by atoms with Crippen LogP contribution < -0.4 is 5.73 Å². The van der Waals surface area contributed by atoms with E-state index in [4.69, 9.17) is 15.3 Å². The van der Waals surface area contributed by atoms with E-state index in [0.717, 1.165) is 5.06 Å². The van der Waals surface area contributed by atoms with Gasteiger partial charge in [-0.15, -0.1) is 5.06 Å². The lowest BCUT2D eigenvalue weighted by Gasteiger charge is -2.43. The maximum absolute atomic E-state index is 10.4. The first kappa shape index (κ1) is 15.1. The third-order valence-electron chi connectivity index (χ3n) is 3.70. The van der Waals surface area contributed by atoms with E-state index in [1.807, 2.05) is 6.92 Å². The van der Waals surface area contributed by atoms with Crippen molar-refractivity contribution < 1.29 is 19.8 Å². The highest BCUT2D eigenvalue weighted by Gasteiger charge is 2.43. The molecule has 10 nitrogen and oxygen atoms in total. The fraction of sp³-hybridized carbons (Fsp3) is 0.583. The maximum atomic E-state index is 10.4. The van der Waals surface area contributed by atoms with Crippen molar-refractivity contribution in [3.63, 3.8) is 0 Å². The van der Waals surface area contributed by atoms with Crippen LogP contribution in [0.15, 0.2) is 12.7 Å². The molecule has 0 spiro atoms. The van der Waals surface area contributed by atoms with Crippen LogP contribution in [0, 0.1) is 0 Å². The number of imidazole rings is 1. The van der Waals surface area contributed by atoms with Crippen LogP contribution in [0.2, 0.25) is 0 Å². The number of fused-ring (bicyclic) bond motifs is 1. The molecule has 2 aromatic heterocycles. The molecule has 1 aliphatic rings. The number of ether oxygens (including phenoxy) is 1. The molecule has 10 heteroatoms. The monoisotopic (exact) mass is 310 g/mol. The highest BCUT2D eigenvalue weighted by Crippen LogP contribution is 2.31. The van der Waals surface area contributed by atoms with E-state index in [-0.39, 0.29) is 5.82 Å². The Kier molecular flexibility index (Phi) is 3.93. The number of hydrogen-bond acceptors (Lipinski definition) is 9. The molecule has 120 valence electrons. The topological polar surface area (TPSA) is 132 Å². The van der Waals surface area contributed by atoms with Crippen LogP contribution >= 0.6 is 0 Å². The summed E-state index contributed by atoms with van der Waals surface area (Å²) in [7, 11) is 1.37. The van der Waals surface area contributed by atoms with Gasteiger partial charge in [-0.1, -0.05) is 6.92 Å². The molecule has 3 rings (SSSR count). The molecule has 0 aliphatic carbocycles. The molecule has 3 heterocycles. The number of hydrogen-bond donors (Lipinski definition) is 3. The second-order valence-corrected chi connectivity index (χ2v) is 4.93. The molecular weight excluding hydrogens is 292 g/mol. The molecule has 0 amide bonds. The number of aliphatic hydroxyl groups is 2. The molecule has 1 saturated heterocycles. The third-order valence-corrected chi connectivity index (χ3v) is 3.70. The molecule has 22 heavy (non-hydrogen) atoms. The van der Waals surface area contributed by atoms with Crippen LogP contribution in [0.25, 0.3) is 11.2 Å². The average Bonchev–Trinajstić information content (AvgIpc) is 2.93. The minimum Gasteiger partial charge on any atom is -0.382 e. The maximum Gasteiger partial charge on any atom is 0.178 e. The van der Waals surface area contributed by atoms with Crippen LogP contribution in [-0.4, -0.2) is 60.5 Å². The lowest BCUT2D eigenvalue weighted by atomic mass is 10.2. The summed E-state index contributed by atoms with van der Waals surface area (Å²) in [6.07, 6.45) is -0.397. The highest BCUT2D eigenvalue weighted by atomic mass is 16.7. The molecule has 0 aromatic carbocycles. The van der Waals surface area contributed by atoms with Gasteiger partial charge >= 0.3 is 0 Å². The molecule has 0 bridgehead atoms. The minimum atomic E-state index is -1.24. The molecule has 4 atom stereocenters. The van der Waals surface area contributed by atoms with Crippen molar-refractivity contribution in [1.29, 1.82) is 0 Å². The van der Waals surface area contributed by atoms with Crippen LogP contribution in [0.1, 0.15) is 19.6 Å². The number of nitrogens with two attached hydrogens (primary N) is 1. The van der Waals surface area contributed by atoms with Gasteiger partial charge in [-0.3, -0.25) is 9.40 Å². The Bertz CT molecular complexity index is 664. The number of rotatable bonds is 3. The Morgan fingerprint density at radius 2 is 2.09 bits per heavy atom. The SMILES string of the molecule is CC[C@H]1O[C@@H](n2cnc3c(N)ncnc32)C(O)N(OC)C1O. The van der Waals surface area contributed by atoms with E-state index in [1.165, 1.54) is 19.8 Å². The first-order chi connectivity index (χ1) is 10.6. The van der Waals surface area contributed by atoms with E-state index in [2.05, 4.69) is 15.0 Å². The quantitative estimate of drug-likeness (QED) is 0.667. The smallest absolute Gasteiger partial charge is 0.178 e. The first-order valence-corrected chi connectivity index (χ1v) is 6.85. The Labute approximate surface area is 126 Å². The Morgan fingerprint density at radius 3 is 2.77 bits per heavy atom. The molecule has 1 fully saturated rings. The second kappa shape index (κ2) is 5.74. The molecule has 2 unspecified atom stereocenters. The fourth-order valence-electron chi connectivity index (χ4n) is 2.55. The molecule has 0 saturated carbocycles. The van der Waals surface area contributed by atoms with Crippen molar-refractivity contribution in [2.45, 2.75) is 38.1 Å². The van der Waals surface area contributed by atoms with E-state index in [1.54, 1.807) is 4.57 Å². The second-order valence-electron chi connectivity index (χ2n) is 4.93. The summed E-state index contributed by atoms with van der Waals surface area (Å²) < 4.78 is 7.32. The lowest BCUT2D eigenvalue weighted by molar-refractivity contribution is -0.380. The molecule has 1 aliphatic heterocycles. The summed E-state index contributed by atoms with van der Waals surface area (Å²) in [5.41, 5.74) is 6.60. The molecule has 4 N–H and O–H groups in total. The zero-order valence-corrected chi connectivity index (χ0v) is 12.2. The summed E-state index contributed by atoms with van der Waals surface area (Å²) in [5.74, 6) is 0.240. The number of nitrogens with zero attached hydrogens (tertiary/aromatic N) is 5. The van der Waals surface area contributed by atoms with Gasteiger partial charge < -0.3 is 20.7 Å². The van der Waals surface area contributed by atoms with Gasteiger partial charge in [-0.25, -0.2) is 15.0 Å². The van der Waals surface area contributed by atoms with Gasteiger partial charge in [0.1, 0.15) is 17.9 Å². The molecular formula is C12H18N6O4. The van der Waals surface area contributed by atoms with Gasteiger partial charge in [-0.2, -0.15) is 0 Å². The van der Waals surface area contributed by atoms with Crippen LogP contribution in [-0.2, 0) is 9.57 Å². The van der Waals surface area contributed by atoms with Crippen LogP contribution in [0.4, 0.5) is 5.82 Å². The summed E-state index contributed by atoms with van der Waals surface area (Å²) in [5, 5.41) is 21.6. The van der Waals surface area contributed by atoms with Crippen molar-refractivity contribution in [3.8, 4) is 0 Å². The predicted molar refractivity (Wildman–Crippen MR) is 74.8 cm³/mol. The summed E-state index contributed by atoms with van der Waals surface area (Å²) in [6, 6.07) is 0. The zero-order chi connectivity index (χ0) is 15.9. The van der Waals surface area contributed by atoms with Crippen LogP contribution in [0.5, 0.6) is 0 Å². The third kappa shape index (κ3) is 2.21. The first-order valence-electron chi connectivity index (χ1n) is 6.85. The van der Waals surface area contributed by atoms with Crippen molar-refractivity contribution in [2.24, 2.45) is 0 Å². The van der Waals surface area contributed by atoms with Gasteiger partial charge in [0, 0.05) is 0 Å². The normalized spacial score (nSPS) is 30.0. The predicted octanol–water partition coefficient (Wildman–Crippen LogP) is -0.784. The number of aromatic nitrogens is 4. The minimum absolute atomic E-state index is 0.240. The van der Waals surface area contributed by atoms with Gasteiger partial charge in [-0.05, 0) is 6.42 Å². The molecule has 0 radical (unpaired) electrons. The Hall–Kier alpha value is -1.85. The average molecular weight is 310 g/mol. The van der Waals surface area contributed by atoms with Gasteiger partial charge in [0.2, 0.25) is 0 Å². The number of hydroxylamine groups is 2. The Balaban J connectivity index is 2.03. The van der Waals surface area contributed by atoms with Crippen LogP contribution in [0.3, 0.4) is 0 Å². The number of anilines is 1. The van der Waals surface area contributed by atoms with Gasteiger partial charge in [0.25, 0.3) is 0 Å². The summed E-state index contributed by atoms with van der Waals surface area (Å²) in [4.78, 5) is 17.2. The van der Waals surface area contributed by atoms with E-state index < -0.39 is 24.8 Å². The van der Waals surface area contributed by atoms with Crippen molar-refractivity contribution in [3.05, 3.63) is 12.7 Å². The summed E-state index contributed by atoms with van der Waals surface area (Å²) >= 11 is 0. The van der Waals surface area contributed by atoms with Crippen molar-refractivity contribution in [1.82, 2.24) is 24.6 Å². The zero-order valence-electron chi connectivity index (χ0n) is 12.2. The van der Waals surface area contributed by atoms with E-state index in [0.29, 0.717) is 17.6 Å². The Morgan fingerprint density at radius 1 is 1.32 bits per heavy atom. The number of nitrogen functional groups attached to an aromatic ring is 1. The standard InChI is InChI=1S/C12H18N6O4/c1-3-6-10(19)18(21-2)11(20)12(22-6)17-5-16-7-8(13)14-4-15-9(7)17/h4-6,10-12,19-20H,3H2,1-2H3,(H2,13,14,15)/t6-,10?,11?,12-/m1/s1. The summed E-state index contributed by atoms with van der Waals surface area (Å²) in [6.45, 7) is 1.86. The highest BCUT2D eigenvalue weighted by molar-refractivity contribution is 5.81. The van der Waals surface area contributed by atoms with Gasteiger partial charge in [0.05, 0.1) is 13.4 Å². The number of morpholine rings is 1. The van der Waals surface area contributed by atoms with E-state index in [9.17, 15) is 10.2 Å². The number of aliphatic hydroxyl groups excluding tert-OH is 2. The largest absolute Gasteiger partial charge is 0.382 e.